The van der Waals surface area contributed by atoms with Gasteiger partial charge in [0.05, 0.1) is 6.10 Å². The number of aliphatic hydroxyl groups is 2. The van der Waals surface area contributed by atoms with Crippen molar-refractivity contribution in [3.8, 4) is 0 Å². The Labute approximate surface area is 66.1 Å². The van der Waals surface area contributed by atoms with Gasteiger partial charge >= 0.3 is 0 Å². The van der Waals surface area contributed by atoms with Gasteiger partial charge in [0.15, 0.2) is 0 Å². The summed E-state index contributed by atoms with van der Waals surface area (Å²) in [6.45, 7) is 0.0239. The quantitative estimate of drug-likeness (QED) is 0.681. The van der Waals surface area contributed by atoms with Crippen LogP contribution in [0.25, 0.3) is 0 Å². The normalized spacial score (nSPS) is 12.9. The first-order valence-electron chi connectivity index (χ1n) is 3.68. The second-order valence-electron chi connectivity index (χ2n) is 2.44. The molecule has 2 heteroatoms. The van der Waals surface area contributed by atoms with Gasteiger partial charge in [0.2, 0.25) is 0 Å². The molecule has 0 unspecified atom stereocenters. The summed E-state index contributed by atoms with van der Waals surface area (Å²) in [5.41, 5.74) is 0.863. The van der Waals surface area contributed by atoms with Gasteiger partial charge in [0.1, 0.15) is 0 Å². The molecule has 0 heterocycles. The van der Waals surface area contributed by atoms with Crippen LogP contribution in [0.1, 0.15) is 18.1 Å². The molecule has 0 saturated heterocycles. The van der Waals surface area contributed by atoms with Crippen molar-refractivity contribution in [2.45, 2.75) is 12.5 Å². The summed E-state index contributed by atoms with van der Waals surface area (Å²) in [5, 5.41) is 17.9. The average Bonchev–Trinajstić information content (AvgIpc) is 2.07. The molecule has 1 rings (SSSR count). The van der Waals surface area contributed by atoms with Crippen molar-refractivity contribution in [3.63, 3.8) is 0 Å². The van der Waals surface area contributed by atoms with E-state index in [4.69, 9.17) is 5.11 Å². The lowest BCUT2D eigenvalue weighted by Gasteiger charge is -2.07. The van der Waals surface area contributed by atoms with Crippen molar-refractivity contribution < 1.29 is 10.2 Å². The molecule has 11 heavy (non-hydrogen) atoms. The number of hydrogen-bond acceptors (Lipinski definition) is 2. The summed E-state index contributed by atoms with van der Waals surface area (Å²) >= 11 is 0. The Balaban J connectivity index is 2.61. The van der Waals surface area contributed by atoms with Crippen LogP contribution in [0.15, 0.2) is 30.3 Å². The summed E-state index contributed by atoms with van der Waals surface area (Å²) in [5.74, 6) is 0. The van der Waals surface area contributed by atoms with Gasteiger partial charge in [0.25, 0.3) is 0 Å². The Morgan fingerprint density at radius 1 is 1.18 bits per heavy atom. The lowest BCUT2D eigenvalue weighted by molar-refractivity contribution is 0.134. The zero-order valence-electron chi connectivity index (χ0n) is 6.27. The Kier molecular flexibility index (Phi) is 3.08. The number of rotatable bonds is 3. The summed E-state index contributed by atoms with van der Waals surface area (Å²) in [6, 6.07) is 9.33. The Bertz CT molecular complexity index is 196. The predicted molar refractivity (Wildman–Crippen MR) is 43.1 cm³/mol. The molecule has 0 aliphatic heterocycles. The van der Waals surface area contributed by atoms with Crippen LogP contribution in [0.4, 0.5) is 0 Å². The highest BCUT2D eigenvalue weighted by molar-refractivity contribution is 5.16. The highest BCUT2D eigenvalue weighted by Gasteiger charge is 2.03. The summed E-state index contributed by atoms with van der Waals surface area (Å²) in [4.78, 5) is 0. The smallest absolute Gasteiger partial charge is 0.0811 e. The van der Waals surface area contributed by atoms with Crippen LogP contribution < -0.4 is 0 Å². The number of aliphatic hydroxyl groups excluding tert-OH is 2. The van der Waals surface area contributed by atoms with Crippen LogP contribution in [0.2, 0.25) is 0 Å². The minimum absolute atomic E-state index is 0.0239. The highest BCUT2D eigenvalue weighted by atomic mass is 16.3. The molecule has 0 aromatic heterocycles. The van der Waals surface area contributed by atoms with Gasteiger partial charge in [-0.15, -0.1) is 0 Å². The molecule has 2 N–H and O–H groups in total. The minimum atomic E-state index is -0.527. The van der Waals surface area contributed by atoms with E-state index in [-0.39, 0.29) is 6.61 Å². The first-order chi connectivity index (χ1) is 5.34. The topological polar surface area (TPSA) is 40.5 Å². The van der Waals surface area contributed by atoms with Crippen molar-refractivity contribution in [3.05, 3.63) is 35.9 Å². The third-order valence-electron chi connectivity index (χ3n) is 1.59. The summed E-state index contributed by atoms with van der Waals surface area (Å²) in [7, 11) is 0. The average molecular weight is 152 g/mol. The molecule has 0 spiro atoms. The lowest BCUT2D eigenvalue weighted by atomic mass is 10.1. The van der Waals surface area contributed by atoms with E-state index in [9.17, 15) is 5.11 Å². The van der Waals surface area contributed by atoms with Crippen molar-refractivity contribution in [2.75, 3.05) is 6.61 Å². The van der Waals surface area contributed by atoms with Gasteiger partial charge in [0, 0.05) is 13.0 Å². The Hall–Kier alpha value is -0.860. The molecule has 60 valence electrons. The molecule has 0 saturated carbocycles. The third-order valence-corrected chi connectivity index (χ3v) is 1.59. The molecule has 0 aliphatic carbocycles. The van der Waals surface area contributed by atoms with E-state index in [1.807, 2.05) is 30.3 Å². The van der Waals surface area contributed by atoms with Gasteiger partial charge in [-0.05, 0) is 5.56 Å². The minimum Gasteiger partial charge on any atom is -0.396 e. The van der Waals surface area contributed by atoms with Gasteiger partial charge in [-0.25, -0.2) is 0 Å². The van der Waals surface area contributed by atoms with Crippen molar-refractivity contribution in [1.29, 1.82) is 0 Å². The fourth-order valence-electron chi connectivity index (χ4n) is 0.964. The maximum absolute atomic E-state index is 9.36. The zero-order valence-corrected chi connectivity index (χ0v) is 6.27. The predicted octanol–water partition coefficient (Wildman–Crippen LogP) is 1.10. The Morgan fingerprint density at radius 2 is 1.82 bits per heavy atom. The fraction of sp³-hybridized carbons (Fsp3) is 0.333. The van der Waals surface area contributed by atoms with Crippen LogP contribution in [-0.2, 0) is 0 Å². The van der Waals surface area contributed by atoms with Crippen LogP contribution in [0.5, 0.6) is 0 Å². The molecule has 0 bridgehead atoms. The van der Waals surface area contributed by atoms with E-state index in [0.717, 1.165) is 5.56 Å². The van der Waals surface area contributed by atoms with E-state index < -0.39 is 6.10 Å². The third kappa shape index (κ3) is 2.33. The van der Waals surface area contributed by atoms with Crippen LogP contribution in [0, 0.1) is 0 Å². The van der Waals surface area contributed by atoms with Crippen molar-refractivity contribution in [2.24, 2.45) is 0 Å². The van der Waals surface area contributed by atoms with Crippen molar-refractivity contribution >= 4 is 0 Å². The second-order valence-corrected chi connectivity index (χ2v) is 2.44. The second kappa shape index (κ2) is 4.11. The van der Waals surface area contributed by atoms with Crippen LogP contribution >= 0.6 is 0 Å². The molecule has 2 nitrogen and oxygen atoms in total. The molecule has 0 fully saturated rings. The monoisotopic (exact) mass is 152 g/mol. The molecule has 0 aliphatic rings. The lowest BCUT2D eigenvalue weighted by Crippen LogP contribution is -1.99. The van der Waals surface area contributed by atoms with Crippen LogP contribution in [-0.4, -0.2) is 16.8 Å². The van der Waals surface area contributed by atoms with E-state index in [0.29, 0.717) is 6.42 Å². The highest BCUT2D eigenvalue weighted by Crippen LogP contribution is 2.14. The molecular formula is C9H12O2. The van der Waals surface area contributed by atoms with Gasteiger partial charge < -0.3 is 10.2 Å². The first-order valence-corrected chi connectivity index (χ1v) is 3.68. The first kappa shape index (κ1) is 8.24. The maximum atomic E-state index is 9.36. The standard InChI is InChI=1S/C9H12O2/c10-7-6-9(11)8-4-2-1-3-5-8/h1-5,9-11H,6-7H2/t9-/m1/s1. The molecule has 1 atom stereocenters. The molecule has 0 amide bonds. The molecule has 0 radical (unpaired) electrons. The van der Waals surface area contributed by atoms with Crippen LogP contribution in [0.3, 0.4) is 0 Å². The fourth-order valence-corrected chi connectivity index (χ4v) is 0.964. The Morgan fingerprint density at radius 3 is 2.36 bits per heavy atom. The number of hydrogen-bond donors (Lipinski definition) is 2. The van der Waals surface area contributed by atoms with Gasteiger partial charge in [-0.1, -0.05) is 30.3 Å². The molecule has 1 aromatic rings. The van der Waals surface area contributed by atoms with E-state index in [2.05, 4.69) is 0 Å². The van der Waals surface area contributed by atoms with E-state index in [1.54, 1.807) is 0 Å². The van der Waals surface area contributed by atoms with Gasteiger partial charge in [-0.2, -0.15) is 0 Å². The summed E-state index contributed by atoms with van der Waals surface area (Å²) < 4.78 is 0. The largest absolute Gasteiger partial charge is 0.396 e. The maximum Gasteiger partial charge on any atom is 0.0811 e. The van der Waals surface area contributed by atoms with E-state index >= 15 is 0 Å². The SMILES string of the molecule is OCC[C@@H](O)c1ccccc1. The van der Waals surface area contributed by atoms with Gasteiger partial charge in [-0.3, -0.25) is 0 Å². The molecular weight excluding hydrogens is 140 g/mol. The molecule has 1 aromatic carbocycles. The van der Waals surface area contributed by atoms with Crippen molar-refractivity contribution in [1.82, 2.24) is 0 Å². The zero-order chi connectivity index (χ0) is 8.10. The summed E-state index contributed by atoms with van der Waals surface area (Å²) in [6.07, 6.45) is -0.120. The van der Waals surface area contributed by atoms with E-state index in [1.165, 1.54) is 0 Å². The number of benzene rings is 1.